The number of carbonyl (C=O) groups excluding carboxylic acids is 1. The molecule has 0 spiro atoms. The van der Waals surface area contributed by atoms with Crippen molar-refractivity contribution >= 4 is 45.6 Å². The molecule has 3 rings (SSSR count). The minimum atomic E-state index is -0.588. The molecule has 0 aliphatic rings. The van der Waals surface area contributed by atoms with Crippen LogP contribution in [-0.4, -0.2) is 17.0 Å². The fraction of sp³-hybridized carbons (Fsp3) is 0.158. The van der Waals surface area contributed by atoms with E-state index in [1.54, 1.807) is 12.1 Å². The molecule has 1 atom stereocenters. The summed E-state index contributed by atoms with van der Waals surface area (Å²) in [5.74, 6) is 0.427. The van der Waals surface area contributed by atoms with Crippen molar-refractivity contribution < 1.29 is 9.53 Å². The van der Waals surface area contributed by atoms with Crippen LogP contribution in [0.2, 0.25) is 10.0 Å². The van der Waals surface area contributed by atoms with Crippen LogP contribution in [0.15, 0.2) is 53.9 Å². The first kappa shape index (κ1) is 18.7. The average molecular weight is 407 g/mol. The summed E-state index contributed by atoms with van der Waals surface area (Å²) in [6.45, 7) is 1.90. The van der Waals surface area contributed by atoms with E-state index in [1.807, 2.05) is 48.7 Å². The van der Waals surface area contributed by atoms with Crippen LogP contribution < -0.4 is 10.1 Å². The SMILES string of the molecule is CCC(Oc1ccccc1)C(=O)Nc1nc(-c2ccc(Cl)c(Cl)c2)cs1. The molecule has 1 aromatic heterocycles. The Kier molecular flexibility index (Phi) is 6.14. The highest BCUT2D eigenvalue weighted by molar-refractivity contribution is 7.14. The van der Waals surface area contributed by atoms with Crippen molar-refractivity contribution in [2.24, 2.45) is 0 Å². The Morgan fingerprint density at radius 2 is 1.96 bits per heavy atom. The number of hydrogen-bond acceptors (Lipinski definition) is 4. The van der Waals surface area contributed by atoms with Crippen LogP contribution in [0, 0.1) is 0 Å². The lowest BCUT2D eigenvalue weighted by Crippen LogP contribution is -2.32. The quantitative estimate of drug-likeness (QED) is 0.553. The largest absolute Gasteiger partial charge is 0.481 e. The molecular weight excluding hydrogens is 391 g/mol. The van der Waals surface area contributed by atoms with Crippen molar-refractivity contribution in [3.05, 3.63) is 64.0 Å². The van der Waals surface area contributed by atoms with Crippen LogP contribution in [-0.2, 0) is 4.79 Å². The van der Waals surface area contributed by atoms with Gasteiger partial charge < -0.3 is 4.74 Å². The van der Waals surface area contributed by atoms with Crippen molar-refractivity contribution in [2.75, 3.05) is 5.32 Å². The summed E-state index contributed by atoms with van der Waals surface area (Å²) < 4.78 is 5.75. The third kappa shape index (κ3) is 4.55. The lowest BCUT2D eigenvalue weighted by molar-refractivity contribution is -0.122. The van der Waals surface area contributed by atoms with Crippen LogP contribution in [0.5, 0.6) is 5.75 Å². The molecular formula is C19H16Cl2N2O2S. The van der Waals surface area contributed by atoms with E-state index in [1.165, 1.54) is 11.3 Å². The Labute approximate surface area is 165 Å². The highest BCUT2D eigenvalue weighted by Crippen LogP contribution is 2.30. The Bertz CT molecular complexity index is 900. The molecule has 26 heavy (non-hydrogen) atoms. The molecule has 0 aliphatic heterocycles. The van der Waals surface area contributed by atoms with Gasteiger partial charge in [0.1, 0.15) is 5.75 Å². The second-order valence-electron chi connectivity index (χ2n) is 5.48. The number of benzene rings is 2. The van der Waals surface area contributed by atoms with Crippen molar-refractivity contribution in [2.45, 2.75) is 19.4 Å². The smallest absolute Gasteiger partial charge is 0.267 e. The Balaban J connectivity index is 1.69. The van der Waals surface area contributed by atoms with E-state index in [-0.39, 0.29) is 5.91 Å². The third-order valence-corrected chi connectivity index (χ3v) is 5.13. The first-order chi connectivity index (χ1) is 12.6. The molecule has 1 heterocycles. The number of aromatic nitrogens is 1. The highest BCUT2D eigenvalue weighted by Gasteiger charge is 2.20. The summed E-state index contributed by atoms with van der Waals surface area (Å²) in [6, 6.07) is 14.6. The number of nitrogens with zero attached hydrogens (tertiary/aromatic N) is 1. The van der Waals surface area contributed by atoms with Gasteiger partial charge in [0.25, 0.3) is 5.91 Å². The summed E-state index contributed by atoms with van der Waals surface area (Å²) in [4.78, 5) is 16.9. The summed E-state index contributed by atoms with van der Waals surface area (Å²) in [7, 11) is 0. The van der Waals surface area contributed by atoms with Crippen molar-refractivity contribution in [1.82, 2.24) is 4.98 Å². The lowest BCUT2D eigenvalue weighted by atomic mass is 10.2. The van der Waals surface area contributed by atoms with Gasteiger partial charge in [0.05, 0.1) is 15.7 Å². The predicted octanol–water partition coefficient (Wildman–Crippen LogP) is 5.91. The summed E-state index contributed by atoms with van der Waals surface area (Å²) in [5, 5.41) is 6.13. The number of nitrogens with one attached hydrogen (secondary N) is 1. The molecule has 1 N–H and O–H groups in total. The molecule has 7 heteroatoms. The minimum Gasteiger partial charge on any atom is -0.481 e. The zero-order chi connectivity index (χ0) is 18.5. The van der Waals surface area contributed by atoms with Gasteiger partial charge in [-0.3, -0.25) is 10.1 Å². The second kappa shape index (κ2) is 8.54. The number of hydrogen-bond donors (Lipinski definition) is 1. The Hall–Kier alpha value is -2.08. The van der Waals surface area contributed by atoms with E-state index in [0.29, 0.717) is 27.3 Å². The van der Waals surface area contributed by atoms with Crippen LogP contribution >= 0.6 is 34.5 Å². The van der Waals surface area contributed by atoms with E-state index >= 15 is 0 Å². The number of thiazole rings is 1. The van der Waals surface area contributed by atoms with E-state index < -0.39 is 6.10 Å². The Morgan fingerprint density at radius 1 is 1.19 bits per heavy atom. The van der Waals surface area contributed by atoms with Gasteiger partial charge in [-0.1, -0.05) is 54.4 Å². The summed E-state index contributed by atoms with van der Waals surface area (Å²) in [6.07, 6.45) is -0.0408. The first-order valence-corrected chi connectivity index (χ1v) is 9.64. The maximum atomic E-state index is 12.5. The van der Waals surface area contributed by atoms with E-state index in [2.05, 4.69) is 10.3 Å². The van der Waals surface area contributed by atoms with Gasteiger partial charge in [-0.15, -0.1) is 11.3 Å². The number of halogens is 2. The van der Waals surface area contributed by atoms with Crippen LogP contribution in [0.4, 0.5) is 5.13 Å². The molecule has 0 fully saturated rings. The predicted molar refractivity (Wildman–Crippen MR) is 107 cm³/mol. The van der Waals surface area contributed by atoms with Crippen molar-refractivity contribution in [1.29, 1.82) is 0 Å². The molecule has 0 saturated carbocycles. The summed E-state index contributed by atoms with van der Waals surface area (Å²) >= 11 is 13.3. The lowest BCUT2D eigenvalue weighted by Gasteiger charge is -2.16. The number of amides is 1. The van der Waals surface area contributed by atoms with Gasteiger partial charge in [-0.2, -0.15) is 0 Å². The molecule has 3 aromatic rings. The van der Waals surface area contributed by atoms with Crippen LogP contribution in [0.25, 0.3) is 11.3 Å². The molecule has 0 bridgehead atoms. The van der Waals surface area contributed by atoms with Gasteiger partial charge in [0, 0.05) is 10.9 Å². The monoisotopic (exact) mass is 406 g/mol. The molecule has 1 amide bonds. The zero-order valence-corrected chi connectivity index (χ0v) is 16.2. The number of carbonyl (C=O) groups is 1. The first-order valence-electron chi connectivity index (χ1n) is 8.00. The highest BCUT2D eigenvalue weighted by atomic mass is 35.5. The molecule has 134 valence electrons. The average Bonchev–Trinajstić information content (AvgIpc) is 3.11. The standard InChI is InChI=1S/C19H16Cl2N2O2S/c1-2-17(25-13-6-4-3-5-7-13)18(24)23-19-22-16(11-26-19)12-8-9-14(20)15(21)10-12/h3-11,17H,2H2,1H3,(H,22,23,24). The third-order valence-electron chi connectivity index (χ3n) is 3.63. The van der Waals surface area contributed by atoms with Gasteiger partial charge in [0.2, 0.25) is 0 Å². The minimum absolute atomic E-state index is 0.230. The maximum absolute atomic E-state index is 12.5. The summed E-state index contributed by atoms with van der Waals surface area (Å²) in [5.41, 5.74) is 1.56. The zero-order valence-electron chi connectivity index (χ0n) is 13.9. The number of rotatable bonds is 6. The van der Waals surface area contributed by atoms with Gasteiger partial charge in [-0.05, 0) is 30.7 Å². The van der Waals surface area contributed by atoms with E-state index in [9.17, 15) is 4.79 Å². The molecule has 0 aliphatic carbocycles. The van der Waals surface area contributed by atoms with Crippen molar-refractivity contribution in [3.8, 4) is 17.0 Å². The molecule has 0 radical (unpaired) electrons. The van der Waals surface area contributed by atoms with Gasteiger partial charge in [0.15, 0.2) is 11.2 Å². The maximum Gasteiger partial charge on any atom is 0.267 e. The fourth-order valence-electron chi connectivity index (χ4n) is 2.29. The molecule has 2 aromatic carbocycles. The molecule has 4 nitrogen and oxygen atoms in total. The molecule has 1 unspecified atom stereocenters. The topological polar surface area (TPSA) is 51.2 Å². The van der Waals surface area contributed by atoms with Crippen LogP contribution in [0.1, 0.15) is 13.3 Å². The number of para-hydroxylation sites is 1. The van der Waals surface area contributed by atoms with Crippen LogP contribution in [0.3, 0.4) is 0 Å². The molecule has 0 saturated heterocycles. The van der Waals surface area contributed by atoms with Gasteiger partial charge in [-0.25, -0.2) is 4.98 Å². The number of ether oxygens (including phenoxy) is 1. The number of anilines is 1. The second-order valence-corrected chi connectivity index (χ2v) is 7.16. The normalized spacial score (nSPS) is 11.8. The fourth-order valence-corrected chi connectivity index (χ4v) is 3.31. The van der Waals surface area contributed by atoms with Gasteiger partial charge >= 0.3 is 0 Å². The van der Waals surface area contributed by atoms with E-state index in [0.717, 1.165) is 11.3 Å². The van der Waals surface area contributed by atoms with Crippen molar-refractivity contribution in [3.63, 3.8) is 0 Å². The van der Waals surface area contributed by atoms with E-state index in [4.69, 9.17) is 27.9 Å². The Morgan fingerprint density at radius 3 is 2.65 bits per heavy atom.